The molecule has 13 atom stereocenters. The Hall–Kier alpha value is -7.22. The molecular formula is C75H114F8N12O13. The van der Waals surface area contributed by atoms with Crippen LogP contribution < -0.4 is 16.0 Å². The lowest BCUT2D eigenvalue weighted by atomic mass is 9.74. The SMILES string of the molecule is CCO[C@@H]1C[C@H]2C(=O)NC3(CCC3)C(=O)N(C)[C@@H](C3CCCC3)C(=O)N(C)[C@H](C(=O)N(C)C)CC(=O)N(C)[C@@H](CC)C(=O)N[C@@H]([C@@H](C)CC)C(=O)N3CC[C@H]3C(=O)N(C)[C@H]3CC(C)=C(C)CN(C3=O)[C@@H](CC3CCC(C(F)(F)F)CC3)C(=O)N(C)CC(=O)N[C@@H](CCC3CC(F)C(C(F)(F)F)C(F)C3)C(=O)N2C1. The zero-order valence-electron chi connectivity index (χ0n) is 64.8. The van der Waals surface area contributed by atoms with Crippen molar-refractivity contribution in [2.24, 2.45) is 35.5 Å². The predicted octanol–water partition coefficient (Wildman–Crippen LogP) is 6.25. The first kappa shape index (κ1) is 86.4. The number of likely N-dealkylation sites (N-methyl/N-ethyl adjacent to an activating group) is 6. The van der Waals surface area contributed by atoms with Gasteiger partial charge in [0.1, 0.15) is 78.2 Å². The fourth-order valence-corrected chi connectivity index (χ4v) is 17.6. The lowest BCUT2D eigenvalue weighted by Gasteiger charge is -2.46. The Labute approximate surface area is 628 Å². The maximum Gasteiger partial charge on any atom is 0.397 e. The van der Waals surface area contributed by atoms with Crippen molar-refractivity contribution in [2.75, 3.05) is 82.1 Å². The smallest absolute Gasteiger partial charge is 0.377 e. The third kappa shape index (κ3) is 19.2. The van der Waals surface area contributed by atoms with E-state index in [-0.39, 0.29) is 103 Å². The number of amides is 12. The first-order chi connectivity index (χ1) is 50.6. The number of hydrogen-bond acceptors (Lipinski definition) is 13. The normalized spacial score (nSPS) is 32.8. The van der Waals surface area contributed by atoms with Gasteiger partial charge in [-0.15, -0.1) is 0 Å². The highest BCUT2D eigenvalue weighted by Crippen LogP contribution is 2.46. The topological polar surface area (TPSA) is 279 Å². The third-order valence-electron chi connectivity index (χ3n) is 25.0. The summed E-state index contributed by atoms with van der Waals surface area (Å²) in [6, 6.07) is -12.5. The van der Waals surface area contributed by atoms with Crippen molar-refractivity contribution in [3.63, 3.8) is 0 Å². The average Bonchev–Trinajstić information content (AvgIpc) is 1.19. The zero-order chi connectivity index (χ0) is 80.1. The monoisotopic (exact) mass is 1540 g/mol. The van der Waals surface area contributed by atoms with Gasteiger partial charge in [0.05, 0.1) is 25.0 Å². The molecule has 0 aromatic rings. The van der Waals surface area contributed by atoms with E-state index in [1.165, 1.54) is 73.8 Å². The van der Waals surface area contributed by atoms with Crippen LogP contribution >= 0.6 is 0 Å². The molecule has 0 aromatic heterocycles. The molecule has 2 unspecified atom stereocenters. The van der Waals surface area contributed by atoms with Crippen LogP contribution in [0.1, 0.15) is 183 Å². The first-order valence-corrected chi connectivity index (χ1v) is 38.6. The number of carbonyl (C=O) groups excluding carboxylic acids is 12. The maximum atomic E-state index is 15.6. The van der Waals surface area contributed by atoms with Gasteiger partial charge in [0.25, 0.3) is 0 Å². The van der Waals surface area contributed by atoms with Crippen LogP contribution in [0, 0.1) is 35.5 Å². The summed E-state index contributed by atoms with van der Waals surface area (Å²) in [5, 5.41) is 8.42. The number of rotatable bonds is 12. The fraction of sp³-hybridized carbons (Fsp3) is 0.813. The van der Waals surface area contributed by atoms with Crippen molar-refractivity contribution in [3.05, 3.63) is 11.1 Å². The van der Waals surface area contributed by atoms with Crippen molar-refractivity contribution in [3.8, 4) is 0 Å². The summed E-state index contributed by atoms with van der Waals surface area (Å²) < 4.78 is 121. The number of hydrogen-bond donors (Lipinski definition) is 3. The molecule has 25 nitrogen and oxygen atoms in total. The number of halogens is 8. The number of nitrogens with zero attached hydrogens (tertiary/aromatic N) is 9. The minimum absolute atomic E-state index is 0.00523. The maximum absolute atomic E-state index is 15.6. The molecule has 3 N–H and O–H groups in total. The number of fused-ring (bicyclic) bond motifs is 4. The lowest BCUT2D eigenvalue weighted by Crippen LogP contribution is -2.68. The van der Waals surface area contributed by atoms with Crippen LogP contribution in [-0.4, -0.2) is 288 Å². The number of nitrogens with one attached hydrogen (secondary N) is 3. The van der Waals surface area contributed by atoms with Gasteiger partial charge in [-0.2, -0.15) is 26.3 Å². The van der Waals surface area contributed by atoms with E-state index in [0.29, 0.717) is 49.7 Å². The molecule has 12 amide bonds. The second kappa shape index (κ2) is 35.9. The van der Waals surface area contributed by atoms with Crippen molar-refractivity contribution in [1.82, 2.24) is 60.0 Å². The molecule has 0 radical (unpaired) electrons. The van der Waals surface area contributed by atoms with E-state index in [4.69, 9.17) is 4.74 Å². The molecule has 4 aliphatic carbocycles. The van der Waals surface area contributed by atoms with Crippen LogP contribution in [0.25, 0.3) is 0 Å². The van der Waals surface area contributed by atoms with E-state index < -0.39 is 229 Å². The quantitative estimate of drug-likeness (QED) is 0.144. The summed E-state index contributed by atoms with van der Waals surface area (Å²) in [6.07, 6.45) is -16.6. The van der Waals surface area contributed by atoms with Crippen molar-refractivity contribution >= 4 is 70.9 Å². The minimum atomic E-state index is -5.22. The molecule has 108 heavy (non-hydrogen) atoms. The second-order valence-corrected chi connectivity index (χ2v) is 32.2. The Bertz CT molecular complexity index is 3330. The molecule has 1 spiro atoms. The molecule has 8 aliphatic rings. The van der Waals surface area contributed by atoms with Crippen molar-refractivity contribution in [1.29, 1.82) is 0 Å². The molecule has 3 saturated heterocycles. The number of ether oxygens (including phenoxy) is 1. The Morgan fingerprint density at radius 3 is 1.78 bits per heavy atom. The summed E-state index contributed by atoms with van der Waals surface area (Å²) in [4.78, 5) is 192. The van der Waals surface area contributed by atoms with Crippen LogP contribution in [0.5, 0.6) is 0 Å². The van der Waals surface area contributed by atoms with Crippen LogP contribution in [0.15, 0.2) is 11.1 Å². The van der Waals surface area contributed by atoms with Gasteiger partial charge >= 0.3 is 12.4 Å². The standard InChI is InChI=1S/C75H114F8N12O13/c1-14-41(4)61-70(105)93-31-28-53(93)68(103)90(11)55-32-42(5)43(6)38-94(69(55)104)57(35-44-22-25-47(26-23-44)74(78,79)80)67(102)88(9)40-58(96)84-51(27-24-45-33-49(76)60(50(77)34-45)75(81,82)83)65(100)95-39-48(108-16-3)36-54(95)64(99)86-73(29-19-30-73)72(107)92(13)62(46-20-17-18-21-46)71(106)91(12)56(66(101)87(7)8)37-59(97)89(10)52(15-2)63(98)85-61/h41,44-57,60-62H,14-40H2,1-13H3,(H,84,96)(H,85,98)(H,86,99)/t41-,44?,45?,47?,48+,49?,50?,51-,52-,53-,54-,55-,56-,57-,60?,61-,62-/m0/s1. The summed E-state index contributed by atoms with van der Waals surface area (Å²) >= 11 is 0. The molecule has 7 fully saturated rings. The fourth-order valence-electron chi connectivity index (χ4n) is 17.6. The van der Waals surface area contributed by atoms with E-state index >= 15 is 42.3 Å². The van der Waals surface area contributed by atoms with Gasteiger partial charge in [0, 0.05) is 82.0 Å². The second-order valence-electron chi connectivity index (χ2n) is 32.2. The minimum Gasteiger partial charge on any atom is -0.377 e. The highest BCUT2D eigenvalue weighted by molar-refractivity contribution is 6.01. The van der Waals surface area contributed by atoms with Gasteiger partial charge in [-0.3, -0.25) is 57.5 Å². The van der Waals surface area contributed by atoms with Gasteiger partial charge in [-0.1, -0.05) is 51.2 Å². The van der Waals surface area contributed by atoms with Crippen LogP contribution in [0.2, 0.25) is 0 Å². The zero-order valence-corrected chi connectivity index (χ0v) is 64.8. The van der Waals surface area contributed by atoms with Gasteiger partial charge in [-0.25, -0.2) is 8.78 Å². The van der Waals surface area contributed by atoms with Crippen LogP contribution in [0.4, 0.5) is 35.1 Å². The Balaban J connectivity index is 1.21. The van der Waals surface area contributed by atoms with Crippen LogP contribution in [0.3, 0.4) is 0 Å². The molecule has 4 saturated carbocycles. The van der Waals surface area contributed by atoms with E-state index in [9.17, 15) is 50.3 Å². The summed E-state index contributed by atoms with van der Waals surface area (Å²) in [5.74, 6) is -16.6. The average molecular weight is 1540 g/mol. The van der Waals surface area contributed by atoms with Gasteiger partial charge < -0.3 is 64.8 Å². The number of carbonyl (C=O) groups is 12. The molecule has 4 aliphatic heterocycles. The summed E-state index contributed by atoms with van der Waals surface area (Å²) in [6.45, 7) is 9.03. The predicted molar refractivity (Wildman–Crippen MR) is 379 cm³/mol. The summed E-state index contributed by atoms with van der Waals surface area (Å²) in [5.41, 5.74) is -0.448. The molecule has 4 heterocycles. The van der Waals surface area contributed by atoms with Crippen LogP contribution in [-0.2, 0) is 62.3 Å². The molecular weight excluding hydrogens is 1430 g/mol. The number of alkyl halides is 8. The first-order valence-electron chi connectivity index (χ1n) is 38.6. The molecule has 33 heteroatoms. The highest BCUT2D eigenvalue weighted by atomic mass is 19.4. The lowest BCUT2D eigenvalue weighted by molar-refractivity contribution is -0.219. The van der Waals surface area contributed by atoms with E-state index in [0.717, 1.165) is 19.6 Å². The third-order valence-corrected chi connectivity index (χ3v) is 25.0. The van der Waals surface area contributed by atoms with Gasteiger partial charge in [0.15, 0.2) is 0 Å². The Morgan fingerprint density at radius 2 is 1.24 bits per heavy atom. The van der Waals surface area contributed by atoms with Crippen molar-refractivity contribution < 1.29 is 97.4 Å². The van der Waals surface area contributed by atoms with E-state index in [2.05, 4.69) is 16.0 Å². The van der Waals surface area contributed by atoms with Gasteiger partial charge in [0.2, 0.25) is 70.9 Å². The highest BCUT2D eigenvalue weighted by Gasteiger charge is 2.57. The Kier molecular flexibility index (Phi) is 28.7. The van der Waals surface area contributed by atoms with E-state index in [1.807, 2.05) is 0 Å². The molecule has 0 aromatic carbocycles. The summed E-state index contributed by atoms with van der Waals surface area (Å²) in [7, 11) is 9.58. The molecule has 8 rings (SSSR count). The largest absolute Gasteiger partial charge is 0.397 e. The van der Waals surface area contributed by atoms with Crippen molar-refractivity contribution in [2.45, 2.75) is 274 Å². The Morgan fingerprint density at radius 1 is 0.611 bits per heavy atom. The van der Waals surface area contributed by atoms with E-state index in [1.54, 1.807) is 41.5 Å². The molecule has 2 bridgehead atoms. The van der Waals surface area contributed by atoms with Gasteiger partial charge in [-0.05, 0) is 154 Å². The molecule has 608 valence electrons.